The smallest absolute Gasteiger partial charge is 0.282 e. The molecule has 0 amide bonds. The maximum atomic E-state index is 13.0. The summed E-state index contributed by atoms with van der Waals surface area (Å²) >= 11 is 3.42. The molecule has 0 unspecified atom stereocenters. The van der Waals surface area contributed by atoms with Gasteiger partial charge in [0.05, 0.1) is 17.1 Å². The van der Waals surface area contributed by atoms with Gasteiger partial charge in [-0.15, -0.1) is 0 Å². The lowest BCUT2D eigenvalue weighted by Gasteiger charge is -2.09. The Morgan fingerprint density at radius 3 is 2.62 bits per heavy atom. The minimum absolute atomic E-state index is 0.174. The van der Waals surface area contributed by atoms with Crippen LogP contribution >= 0.6 is 15.9 Å². The first kappa shape index (κ1) is 19.3. The molecule has 0 saturated carbocycles. The Hall–Kier alpha value is -3.06. The second-order valence-corrected chi connectivity index (χ2v) is 7.69. The standard InChI is InChI=1S/C22H20BrN5O/c1-4-21-26-20-6-5-17(23)12-19(20)22(29)28(21)25-13-16-11-14(2)27(15(16)3)18-7-9-24-10-8-18/h5-13H,4H2,1-3H3. The normalized spacial score (nSPS) is 11.6. The van der Waals surface area contributed by atoms with Crippen LogP contribution in [0.3, 0.4) is 0 Å². The number of hydrogen-bond acceptors (Lipinski definition) is 4. The van der Waals surface area contributed by atoms with E-state index in [-0.39, 0.29) is 5.56 Å². The van der Waals surface area contributed by atoms with Gasteiger partial charge in [0.15, 0.2) is 0 Å². The molecule has 0 N–H and O–H groups in total. The van der Waals surface area contributed by atoms with Crippen LogP contribution in [-0.2, 0) is 6.42 Å². The average Bonchev–Trinajstić information content (AvgIpc) is 3.01. The Morgan fingerprint density at radius 1 is 1.14 bits per heavy atom. The van der Waals surface area contributed by atoms with Gasteiger partial charge in [0.2, 0.25) is 0 Å². The van der Waals surface area contributed by atoms with Crippen molar-refractivity contribution < 1.29 is 0 Å². The molecule has 0 bridgehead atoms. The van der Waals surface area contributed by atoms with Gasteiger partial charge in [-0.05, 0) is 50.2 Å². The number of aromatic nitrogens is 4. The van der Waals surface area contributed by atoms with Crippen LogP contribution in [-0.4, -0.2) is 25.4 Å². The molecular formula is C22H20BrN5O. The lowest BCUT2D eigenvalue weighted by atomic mass is 10.2. The number of halogens is 1. The maximum absolute atomic E-state index is 13.0. The first-order valence-corrected chi connectivity index (χ1v) is 10.1. The topological polar surface area (TPSA) is 65.1 Å². The van der Waals surface area contributed by atoms with Crippen LogP contribution in [0, 0.1) is 13.8 Å². The highest BCUT2D eigenvalue weighted by atomic mass is 79.9. The molecule has 0 aliphatic heterocycles. The maximum Gasteiger partial charge on any atom is 0.282 e. The SMILES string of the molecule is CCc1nc2ccc(Br)cc2c(=O)n1N=Cc1cc(C)n(-c2ccncc2)c1C. The molecule has 0 fully saturated rings. The molecular weight excluding hydrogens is 430 g/mol. The van der Waals surface area contributed by atoms with Crippen LogP contribution < -0.4 is 5.56 Å². The van der Waals surface area contributed by atoms with Crippen LogP contribution in [0.2, 0.25) is 0 Å². The molecule has 6 nitrogen and oxygen atoms in total. The van der Waals surface area contributed by atoms with Gasteiger partial charge in [0, 0.05) is 45.9 Å². The van der Waals surface area contributed by atoms with Crippen molar-refractivity contribution >= 4 is 33.0 Å². The molecule has 29 heavy (non-hydrogen) atoms. The molecule has 4 aromatic rings. The summed E-state index contributed by atoms with van der Waals surface area (Å²) in [6.07, 6.45) is 5.88. The molecule has 0 saturated heterocycles. The van der Waals surface area contributed by atoms with Crippen LogP contribution in [0.1, 0.15) is 29.7 Å². The van der Waals surface area contributed by atoms with Crippen LogP contribution in [0.5, 0.6) is 0 Å². The van der Waals surface area contributed by atoms with E-state index in [4.69, 9.17) is 0 Å². The molecule has 0 spiro atoms. The van der Waals surface area contributed by atoms with Gasteiger partial charge in [0.25, 0.3) is 5.56 Å². The van der Waals surface area contributed by atoms with Crippen molar-refractivity contribution in [3.63, 3.8) is 0 Å². The van der Waals surface area contributed by atoms with Gasteiger partial charge in [-0.25, -0.2) is 4.98 Å². The van der Waals surface area contributed by atoms with E-state index >= 15 is 0 Å². The second kappa shape index (κ2) is 7.75. The molecule has 7 heteroatoms. The summed E-state index contributed by atoms with van der Waals surface area (Å²) in [5.41, 5.74) is 4.62. The molecule has 1 aromatic carbocycles. The summed E-state index contributed by atoms with van der Waals surface area (Å²) in [6, 6.07) is 11.5. The van der Waals surface area contributed by atoms with Crippen molar-refractivity contribution in [3.05, 3.63) is 86.4 Å². The van der Waals surface area contributed by atoms with E-state index in [1.54, 1.807) is 24.7 Å². The summed E-state index contributed by atoms with van der Waals surface area (Å²) in [7, 11) is 0. The van der Waals surface area contributed by atoms with Gasteiger partial charge >= 0.3 is 0 Å². The van der Waals surface area contributed by atoms with Gasteiger partial charge < -0.3 is 4.57 Å². The molecule has 0 aliphatic carbocycles. The number of rotatable bonds is 4. The highest BCUT2D eigenvalue weighted by Gasteiger charge is 2.12. The van der Waals surface area contributed by atoms with Crippen molar-refractivity contribution in [2.75, 3.05) is 0 Å². The summed E-state index contributed by atoms with van der Waals surface area (Å²) in [5, 5.41) is 5.05. The minimum Gasteiger partial charge on any atom is -0.318 e. The van der Waals surface area contributed by atoms with Crippen molar-refractivity contribution in [1.82, 2.24) is 19.2 Å². The number of aryl methyl sites for hydroxylation is 2. The summed E-state index contributed by atoms with van der Waals surface area (Å²) in [6.45, 7) is 6.05. The molecule has 0 radical (unpaired) electrons. The zero-order valence-corrected chi connectivity index (χ0v) is 18.0. The van der Waals surface area contributed by atoms with Crippen LogP contribution in [0.15, 0.2) is 63.2 Å². The number of fused-ring (bicyclic) bond motifs is 1. The Morgan fingerprint density at radius 2 is 1.90 bits per heavy atom. The third-order valence-corrected chi connectivity index (χ3v) is 5.39. The highest BCUT2D eigenvalue weighted by molar-refractivity contribution is 9.10. The van der Waals surface area contributed by atoms with E-state index < -0.39 is 0 Å². The monoisotopic (exact) mass is 449 g/mol. The summed E-state index contributed by atoms with van der Waals surface area (Å²) in [4.78, 5) is 21.7. The van der Waals surface area contributed by atoms with Crippen molar-refractivity contribution in [2.24, 2.45) is 5.10 Å². The van der Waals surface area contributed by atoms with E-state index in [2.05, 4.69) is 41.6 Å². The molecule has 0 aliphatic rings. The summed E-state index contributed by atoms with van der Waals surface area (Å²) < 4.78 is 4.37. The molecule has 0 atom stereocenters. The van der Waals surface area contributed by atoms with E-state index in [1.807, 2.05) is 45.0 Å². The Labute approximate surface area is 176 Å². The quantitative estimate of drug-likeness (QED) is 0.433. The van der Waals surface area contributed by atoms with Gasteiger partial charge in [0.1, 0.15) is 5.82 Å². The van der Waals surface area contributed by atoms with Crippen LogP contribution in [0.4, 0.5) is 0 Å². The molecule has 3 aromatic heterocycles. The lowest BCUT2D eigenvalue weighted by Crippen LogP contribution is -2.22. The van der Waals surface area contributed by atoms with E-state index in [0.717, 1.165) is 27.1 Å². The fourth-order valence-electron chi connectivity index (χ4n) is 3.47. The third-order valence-electron chi connectivity index (χ3n) is 4.90. The fourth-order valence-corrected chi connectivity index (χ4v) is 3.83. The zero-order chi connectivity index (χ0) is 20.5. The number of hydrogen-bond donors (Lipinski definition) is 0. The second-order valence-electron chi connectivity index (χ2n) is 6.77. The third kappa shape index (κ3) is 3.53. The molecule has 4 rings (SSSR count). The van der Waals surface area contributed by atoms with E-state index in [1.165, 1.54) is 4.68 Å². The fraction of sp³-hybridized carbons (Fsp3) is 0.182. The first-order chi connectivity index (χ1) is 14.0. The van der Waals surface area contributed by atoms with Crippen LogP contribution in [0.25, 0.3) is 16.6 Å². The first-order valence-electron chi connectivity index (χ1n) is 9.34. The van der Waals surface area contributed by atoms with Crippen molar-refractivity contribution in [2.45, 2.75) is 27.2 Å². The molecule has 146 valence electrons. The van der Waals surface area contributed by atoms with Crippen molar-refractivity contribution in [1.29, 1.82) is 0 Å². The average molecular weight is 450 g/mol. The highest BCUT2D eigenvalue weighted by Crippen LogP contribution is 2.20. The number of benzene rings is 1. The van der Waals surface area contributed by atoms with Gasteiger partial charge in [-0.1, -0.05) is 22.9 Å². The number of nitrogens with zero attached hydrogens (tertiary/aromatic N) is 5. The van der Waals surface area contributed by atoms with Gasteiger partial charge in [-0.2, -0.15) is 9.78 Å². The number of pyridine rings is 1. The van der Waals surface area contributed by atoms with Gasteiger partial charge in [-0.3, -0.25) is 9.78 Å². The van der Waals surface area contributed by atoms with Crippen molar-refractivity contribution in [3.8, 4) is 5.69 Å². The Kier molecular flexibility index (Phi) is 5.15. The zero-order valence-electron chi connectivity index (χ0n) is 16.4. The van der Waals surface area contributed by atoms with E-state index in [0.29, 0.717) is 23.1 Å². The Balaban J connectivity index is 1.82. The largest absolute Gasteiger partial charge is 0.318 e. The van der Waals surface area contributed by atoms with E-state index in [9.17, 15) is 4.79 Å². The Bertz CT molecular complexity index is 1290. The minimum atomic E-state index is -0.174. The predicted octanol–water partition coefficient (Wildman–Crippen LogP) is 4.41. The predicted molar refractivity (Wildman–Crippen MR) is 119 cm³/mol. The lowest BCUT2D eigenvalue weighted by molar-refractivity contribution is 0.734. The summed E-state index contributed by atoms with van der Waals surface area (Å²) in [5.74, 6) is 0.629. The molecule has 3 heterocycles.